The minimum Gasteiger partial charge on any atom is -0.493 e. The van der Waals surface area contributed by atoms with Crippen LogP contribution in [0, 0.1) is 6.92 Å². The maximum absolute atomic E-state index is 12.4. The van der Waals surface area contributed by atoms with Gasteiger partial charge in [0.25, 0.3) is 0 Å². The second kappa shape index (κ2) is 4.33. The lowest BCUT2D eigenvalue weighted by molar-refractivity contribution is 0.103. The fourth-order valence-electron chi connectivity index (χ4n) is 2.29. The number of ketones is 1. The van der Waals surface area contributed by atoms with E-state index < -0.39 is 0 Å². The van der Waals surface area contributed by atoms with Crippen LogP contribution in [0.4, 0.5) is 0 Å². The summed E-state index contributed by atoms with van der Waals surface area (Å²) in [5.74, 6) is 1.45. The van der Waals surface area contributed by atoms with Gasteiger partial charge in [-0.05, 0) is 37.5 Å². The lowest BCUT2D eigenvalue weighted by atomic mass is 9.98. The highest BCUT2D eigenvalue weighted by atomic mass is 16.5. The summed E-state index contributed by atoms with van der Waals surface area (Å²) < 4.78 is 10.8. The van der Waals surface area contributed by atoms with Crippen LogP contribution in [0.3, 0.4) is 0 Å². The Morgan fingerprint density at radius 2 is 2.22 bits per heavy atom. The summed E-state index contributed by atoms with van der Waals surface area (Å²) in [6, 6.07) is 7.50. The molecule has 0 spiro atoms. The average molecular weight is 242 g/mol. The van der Waals surface area contributed by atoms with Gasteiger partial charge in [0, 0.05) is 0 Å². The normalized spacial score (nSPS) is 13.8. The van der Waals surface area contributed by atoms with Gasteiger partial charge in [0.2, 0.25) is 0 Å². The van der Waals surface area contributed by atoms with E-state index in [4.69, 9.17) is 9.15 Å². The summed E-state index contributed by atoms with van der Waals surface area (Å²) in [5, 5.41) is 0. The lowest BCUT2D eigenvalue weighted by Gasteiger charge is -2.19. The number of para-hydroxylation sites is 1. The second-order valence-corrected chi connectivity index (χ2v) is 4.52. The molecule has 3 heteroatoms. The largest absolute Gasteiger partial charge is 0.493 e. The summed E-state index contributed by atoms with van der Waals surface area (Å²) in [6.07, 6.45) is 3.48. The smallest absolute Gasteiger partial charge is 0.199 e. The molecule has 0 bridgehead atoms. The van der Waals surface area contributed by atoms with Crippen LogP contribution in [0.5, 0.6) is 5.75 Å². The first-order chi connectivity index (χ1) is 8.75. The molecule has 0 amide bonds. The van der Waals surface area contributed by atoms with Crippen molar-refractivity contribution in [1.82, 2.24) is 0 Å². The van der Waals surface area contributed by atoms with Crippen molar-refractivity contribution < 1.29 is 13.9 Å². The first-order valence-corrected chi connectivity index (χ1v) is 6.10. The number of furan rings is 1. The van der Waals surface area contributed by atoms with Crippen LogP contribution in [0.2, 0.25) is 0 Å². The van der Waals surface area contributed by atoms with Gasteiger partial charge in [-0.3, -0.25) is 4.79 Å². The Kier molecular flexibility index (Phi) is 2.67. The molecule has 1 aliphatic rings. The molecule has 2 heterocycles. The molecule has 1 aromatic heterocycles. The van der Waals surface area contributed by atoms with Crippen LogP contribution >= 0.6 is 0 Å². The number of carbonyl (C=O) groups is 1. The van der Waals surface area contributed by atoms with E-state index >= 15 is 0 Å². The Hall–Kier alpha value is -2.03. The van der Waals surface area contributed by atoms with Crippen LogP contribution in [-0.4, -0.2) is 12.4 Å². The number of fused-ring (bicyclic) bond motifs is 1. The van der Waals surface area contributed by atoms with Crippen molar-refractivity contribution in [1.29, 1.82) is 0 Å². The average Bonchev–Trinajstić information content (AvgIpc) is 2.84. The van der Waals surface area contributed by atoms with Gasteiger partial charge in [0.05, 0.1) is 17.7 Å². The molecule has 2 aromatic rings. The topological polar surface area (TPSA) is 39.4 Å². The number of aryl methyl sites for hydroxylation is 2. The van der Waals surface area contributed by atoms with Crippen molar-refractivity contribution in [2.45, 2.75) is 19.8 Å². The molecule has 0 radical (unpaired) electrons. The van der Waals surface area contributed by atoms with Crippen molar-refractivity contribution in [3.8, 4) is 5.75 Å². The highest BCUT2D eigenvalue weighted by Crippen LogP contribution is 2.30. The number of rotatable bonds is 2. The van der Waals surface area contributed by atoms with E-state index in [-0.39, 0.29) is 5.78 Å². The Labute approximate surface area is 105 Å². The third-order valence-corrected chi connectivity index (χ3v) is 3.17. The predicted octanol–water partition coefficient (Wildman–Crippen LogP) is 3.14. The van der Waals surface area contributed by atoms with E-state index in [0.29, 0.717) is 17.7 Å². The Balaban J connectivity index is 2.04. The van der Waals surface area contributed by atoms with E-state index in [2.05, 4.69) is 0 Å². The molecule has 0 fully saturated rings. The number of ether oxygens (including phenoxy) is 1. The molecule has 0 saturated carbocycles. The van der Waals surface area contributed by atoms with Gasteiger partial charge in [-0.15, -0.1) is 0 Å². The zero-order valence-corrected chi connectivity index (χ0v) is 10.2. The maximum Gasteiger partial charge on any atom is 0.199 e. The summed E-state index contributed by atoms with van der Waals surface area (Å²) in [5.41, 5.74) is 2.33. The first kappa shape index (κ1) is 11.1. The third-order valence-electron chi connectivity index (χ3n) is 3.17. The van der Waals surface area contributed by atoms with Crippen molar-refractivity contribution in [3.05, 3.63) is 53.0 Å². The second-order valence-electron chi connectivity index (χ2n) is 4.52. The van der Waals surface area contributed by atoms with Gasteiger partial charge in [-0.2, -0.15) is 0 Å². The van der Waals surface area contributed by atoms with Gasteiger partial charge >= 0.3 is 0 Å². The summed E-state index contributed by atoms with van der Waals surface area (Å²) in [6.45, 7) is 2.51. The zero-order valence-electron chi connectivity index (χ0n) is 10.2. The van der Waals surface area contributed by atoms with Crippen LogP contribution in [0.25, 0.3) is 0 Å². The minimum atomic E-state index is -0.0365. The quantitative estimate of drug-likeness (QED) is 0.759. The Bertz CT molecular complexity index is 596. The van der Waals surface area contributed by atoms with Crippen LogP contribution in [0.1, 0.15) is 33.7 Å². The fraction of sp³-hybridized carbons (Fsp3) is 0.267. The van der Waals surface area contributed by atoms with Crippen LogP contribution in [0.15, 0.2) is 34.9 Å². The number of hydrogen-bond donors (Lipinski definition) is 0. The Morgan fingerprint density at radius 1 is 1.33 bits per heavy atom. The molecule has 0 atom stereocenters. The molecule has 1 aromatic carbocycles. The summed E-state index contributed by atoms with van der Waals surface area (Å²) in [4.78, 5) is 12.4. The highest BCUT2D eigenvalue weighted by Gasteiger charge is 2.21. The van der Waals surface area contributed by atoms with E-state index in [9.17, 15) is 4.79 Å². The van der Waals surface area contributed by atoms with Crippen LogP contribution in [-0.2, 0) is 6.42 Å². The third kappa shape index (κ3) is 1.82. The molecule has 3 rings (SSSR count). The molecule has 0 N–H and O–H groups in total. The maximum atomic E-state index is 12.4. The highest BCUT2D eigenvalue weighted by molar-refractivity contribution is 6.10. The molecular weight excluding hydrogens is 228 g/mol. The molecule has 1 aliphatic heterocycles. The Morgan fingerprint density at radius 3 is 3.00 bits per heavy atom. The number of benzene rings is 1. The predicted molar refractivity (Wildman–Crippen MR) is 67.1 cm³/mol. The van der Waals surface area contributed by atoms with Crippen LogP contribution < -0.4 is 4.74 Å². The zero-order chi connectivity index (χ0) is 12.5. The van der Waals surface area contributed by atoms with Gasteiger partial charge in [0.15, 0.2) is 5.78 Å². The molecule has 0 aliphatic carbocycles. The van der Waals surface area contributed by atoms with Crippen molar-refractivity contribution >= 4 is 5.78 Å². The molecule has 92 valence electrons. The van der Waals surface area contributed by atoms with Crippen molar-refractivity contribution in [2.75, 3.05) is 6.61 Å². The minimum absolute atomic E-state index is 0.0365. The van der Waals surface area contributed by atoms with Gasteiger partial charge in [-0.25, -0.2) is 0 Å². The van der Waals surface area contributed by atoms with E-state index in [1.54, 1.807) is 6.07 Å². The lowest BCUT2D eigenvalue weighted by Crippen LogP contribution is -2.13. The summed E-state index contributed by atoms with van der Waals surface area (Å²) in [7, 11) is 0. The molecule has 18 heavy (non-hydrogen) atoms. The van der Waals surface area contributed by atoms with Gasteiger partial charge in [-0.1, -0.05) is 12.1 Å². The van der Waals surface area contributed by atoms with Gasteiger partial charge < -0.3 is 9.15 Å². The SMILES string of the molecule is Cc1cc(C(=O)c2cccc3c2OCCC3)co1. The van der Waals surface area contributed by atoms with Crippen molar-refractivity contribution in [2.24, 2.45) is 0 Å². The van der Waals surface area contributed by atoms with Crippen molar-refractivity contribution in [3.63, 3.8) is 0 Å². The standard InChI is InChI=1S/C15H14O3/c1-10-8-12(9-18-10)14(16)13-6-2-4-11-5-3-7-17-15(11)13/h2,4,6,8-9H,3,5,7H2,1H3. The summed E-state index contributed by atoms with van der Waals surface area (Å²) >= 11 is 0. The van der Waals surface area contributed by atoms with E-state index in [0.717, 1.165) is 29.9 Å². The molecule has 0 saturated heterocycles. The number of hydrogen-bond acceptors (Lipinski definition) is 3. The fourth-order valence-corrected chi connectivity index (χ4v) is 2.29. The molecule has 3 nitrogen and oxygen atoms in total. The first-order valence-electron chi connectivity index (χ1n) is 6.10. The molecular formula is C15H14O3. The molecule has 0 unspecified atom stereocenters. The van der Waals surface area contributed by atoms with E-state index in [1.165, 1.54) is 6.26 Å². The van der Waals surface area contributed by atoms with E-state index in [1.807, 2.05) is 25.1 Å². The van der Waals surface area contributed by atoms with Gasteiger partial charge in [0.1, 0.15) is 17.8 Å². The number of carbonyl (C=O) groups excluding carboxylic acids is 1. The monoisotopic (exact) mass is 242 g/mol.